The summed E-state index contributed by atoms with van der Waals surface area (Å²) in [6, 6.07) is 0. The molecule has 0 aliphatic carbocycles. The highest BCUT2D eigenvalue weighted by Gasteiger charge is 2.25. The standard InChI is InChI=1S/C80H151NO8/c1-6-8-10-12-14-16-18-20-22-24-26-28-30-32-34-36-38-39-41-42-44-46-48-50-52-54-56-58-60-62-64-66-68-70-77(82)87-74-76(75-88-80(79(84)85)86-73-72-81(3,4)5)89-78(83)71-69-67-65-63-61-59-57-55-53-51-49-47-45-43-40-37-35-33-31-29-27-25-23-21-19-17-15-13-11-9-7-2/h19,21,24-27,76,80H,6-18,20,22-23,28-75H2,1-5H3/p+1/b21-19-,26-24-,27-25-. The van der Waals surface area contributed by atoms with Gasteiger partial charge in [0.25, 0.3) is 6.29 Å². The van der Waals surface area contributed by atoms with E-state index in [9.17, 15) is 19.5 Å². The van der Waals surface area contributed by atoms with Crippen molar-refractivity contribution in [2.45, 2.75) is 411 Å². The number of allylic oxidation sites excluding steroid dienone is 6. The lowest BCUT2D eigenvalue weighted by atomic mass is 10.0. The van der Waals surface area contributed by atoms with Gasteiger partial charge in [-0.1, -0.05) is 352 Å². The van der Waals surface area contributed by atoms with Gasteiger partial charge in [0, 0.05) is 12.8 Å². The number of likely N-dealkylation sites (N-methyl/N-ethyl adjacent to an activating group) is 1. The van der Waals surface area contributed by atoms with Crippen molar-refractivity contribution in [2.75, 3.05) is 47.5 Å². The monoisotopic (exact) mass is 1260 g/mol. The van der Waals surface area contributed by atoms with Gasteiger partial charge in [-0.2, -0.15) is 0 Å². The number of carboxylic acid groups (broad SMARTS) is 1. The molecule has 9 heteroatoms. The van der Waals surface area contributed by atoms with E-state index in [1.54, 1.807) is 0 Å². The van der Waals surface area contributed by atoms with Gasteiger partial charge in [-0.05, 0) is 70.6 Å². The van der Waals surface area contributed by atoms with Crippen LogP contribution < -0.4 is 0 Å². The Hall–Kier alpha value is -2.49. The molecule has 0 aliphatic rings. The van der Waals surface area contributed by atoms with Gasteiger partial charge >= 0.3 is 17.9 Å². The van der Waals surface area contributed by atoms with E-state index in [2.05, 4.69) is 50.3 Å². The highest BCUT2D eigenvalue weighted by atomic mass is 16.7. The predicted molar refractivity (Wildman–Crippen MR) is 383 cm³/mol. The van der Waals surface area contributed by atoms with Gasteiger partial charge in [-0.25, -0.2) is 4.79 Å². The Balaban J connectivity index is 3.99. The van der Waals surface area contributed by atoms with E-state index in [0.717, 1.165) is 44.9 Å². The van der Waals surface area contributed by atoms with Crippen molar-refractivity contribution < 1.29 is 42.9 Å². The molecule has 0 aromatic heterocycles. The summed E-state index contributed by atoms with van der Waals surface area (Å²) in [4.78, 5) is 37.7. The maximum atomic E-state index is 13.0. The molecule has 0 heterocycles. The number of carbonyl (C=O) groups is 3. The molecule has 0 fully saturated rings. The van der Waals surface area contributed by atoms with Gasteiger partial charge in [0.05, 0.1) is 34.4 Å². The molecule has 0 rings (SSSR count). The quantitative estimate of drug-likeness (QED) is 0.0211. The van der Waals surface area contributed by atoms with Crippen molar-refractivity contribution in [3.8, 4) is 0 Å². The van der Waals surface area contributed by atoms with Crippen LogP contribution in [-0.2, 0) is 33.3 Å². The molecular weight excluding hydrogens is 1100 g/mol. The number of esters is 2. The number of nitrogens with zero attached hydrogens (tertiary/aromatic N) is 1. The van der Waals surface area contributed by atoms with Gasteiger partial charge in [0.1, 0.15) is 13.2 Å². The van der Waals surface area contributed by atoms with E-state index < -0.39 is 18.4 Å². The minimum atomic E-state index is -1.51. The number of hydrogen-bond acceptors (Lipinski definition) is 7. The number of carboxylic acids is 1. The van der Waals surface area contributed by atoms with Crippen molar-refractivity contribution in [1.82, 2.24) is 0 Å². The van der Waals surface area contributed by atoms with E-state index in [0.29, 0.717) is 17.4 Å². The Morgan fingerprint density at radius 1 is 0.337 bits per heavy atom. The number of hydrogen-bond donors (Lipinski definition) is 1. The third kappa shape index (κ3) is 72.8. The summed E-state index contributed by atoms with van der Waals surface area (Å²) in [6.07, 6.45) is 88.7. The molecule has 2 unspecified atom stereocenters. The number of aliphatic carboxylic acids is 1. The number of ether oxygens (including phenoxy) is 4. The molecule has 89 heavy (non-hydrogen) atoms. The Labute approximate surface area is 553 Å². The summed E-state index contributed by atoms with van der Waals surface area (Å²) in [5.41, 5.74) is 0. The molecule has 0 saturated carbocycles. The molecule has 0 saturated heterocycles. The van der Waals surface area contributed by atoms with Gasteiger partial charge in [0.2, 0.25) is 0 Å². The molecule has 524 valence electrons. The molecule has 0 aromatic rings. The van der Waals surface area contributed by atoms with Crippen molar-refractivity contribution >= 4 is 17.9 Å². The number of quaternary nitrogens is 1. The van der Waals surface area contributed by atoms with Crippen LogP contribution in [0.1, 0.15) is 399 Å². The minimum absolute atomic E-state index is 0.175. The maximum absolute atomic E-state index is 13.0. The molecule has 0 amide bonds. The number of unbranched alkanes of at least 4 members (excludes halogenated alkanes) is 53. The third-order valence-corrected chi connectivity index (χ3v) is 17.9. The second kappa shape index (κ2) is 71.4. The van der Waals surface area contributed by atoms with Gasteiger partial charge in [0.15, 0.2) is 6.10 Å². The molecule has 0 aromatic carbocycles. The normalized spacial score (nSPS) is 12.8. The highest BCUT2D eigenvalue weighted by molar-refractivity contribution is 5.71. The van der Waals surface area contributed by atoms with Gasteiger partial charge in [-0.3, -0.25) is 9.59 Å². The molecule has 0 bridgehead atoms. The minimum Gasteiger partial charge on any atom is -0.477 e. The molecule has 9 nitrogen and oxygen atoms in total. The van der Waals surface area contributed by atoms with E-state index in [1.165, 1.54) is 327 Å². The maximum Gasteiger partial charge on any atom is 0.361 e. The molecule has 2 atom stereocenters. The largest absolute Gasteiger partial charge is 0.477 e. The molecule has 0 aliphatic heterocycles. The Bertz CT molecular complexity index is 1550. The first-order valence-corrected chi connectivity index (χ1v) is 39.2. The van der Waals surface area contributed by atoms with Crippen LogP contribution in [0.15, 0.2) is 36.5 Å². The third-order valence-electron chi connectivity index (χ3n) is 17.9. The first kappa shape index (κ1) is 86.5. The molecule has 0 spiro atoms. The lowest BCUT2D eigenvalue weighted by Gasteiger charge is -2.25. The fourth-order valence-corrected chi connectivity index (χ4v) is 11.9. The zero-order valence-electron chi connectivity index (χ0n) is 60.1. The number of carbonyl (C=O) groups excluding carboxylic acids is 2. The number of rotatable bonds is 74. The molecule has 1 N–H and O–H groups in total. The first-order valence-electron chi connectivity index (χ1n) is 39.2. The SMILES string of the molecule is CCCCCCC/C=C\C/C=C\CCCCCCCCCCCCCCCCCCCCCC(=O)OC(COC(=O)CCCCCCCCCCCCCCCCCCCCCCC/C=C\CCCCCCCCCC)COC(OCC[N+](C)(C)C)C(=O)O. The average Bonchev–Trinajstić information content (AvgIpc) is 3.64. The van der Waals surface area contributed by atoms with E-state index >= 15 is 0 Å². The van der Waals surface area contributed by atoms with E-state index in [-0.39, 0.29) is 38.2 Å². The topological polar surface area (TPSA) is 108 Å². The Morgan fingerprint density at radius 2 is 0.607 bits per heavy atom. The Morgan fingerprint density at radius 3 is 0.899 bits per heavy atom. The first-order chi connectivity index (χ1) is 43.6. The lowest BCUT2D eigenvalue weighted by molar-refractivity contribution is -0.870. The summed E-state index contributed by atoms with van der Waals surface area (Å²) >= 11 is 0. The van der Waals surface area contributed by atoms with Gasteiger partial charge in [-0.15, -0.1) is 0 Å². The van der Waals surface area contributed by atoms with E-state index in [1.807, 2.05) is 21.1 Å². The highest BCUT2D eigenvalue weighted by Crippen LogP contribution is 2.19. The van der Waals surface area contributed by atoms with Crippen LogP contribution in [0.2, 0.25) is 0 Å². The smallest absolute Gasteiger partial charge is 0.361 e. The van der Waals surface area contributed by atoms with Crippen molar-refractivity contribution in [3.05, 3.63) is 36.5 Å². The van der Waals surface area contributed by atoms with Crippen LogP contribution in [0.5, 0.6) is 0 Å². The van der Waals surface area contributed by atoms with Crippen LogP contribution >= 0.6 is 0 Å². The van der Waals surface area contributed by atoms with Crippen LogP contribution in [0.4, 0.5) is 0 Å². The summed E-state index contributed by atoms with van der Waals surface area (Å²) in [5, 5.41) is 9.77. The average molecular weight is 1260 g/mol. The second-order valence-corrected chi connectivity index (χ2v) is 28.0. The fourth-order valence-electron chi connectivity index (χ4n) is 11.9. The van der Waals surface area contributed by atoms with Crippen LogP contribution in [0.3, 0.4) is 0 Å². The Kier molecular flexibility index (Phi) is 69.4. The molecular formula is C80H152NO8+. The predicted octanol–water partition coefficient (Wildman–Crippen LogP) is 24.7. The summed E-state index contributed by atoms with van der Waals surface area (Å²) in [6.45, 7) is 4.94. The molecule has 0 radical (unpaired) electrons. The second-order valence-electron chi connectivity index (χ2n) is 28.0. The van der Waals surface area contributed by atoms with Crippen molar-refractivity contribution in [2.24, 2.45) is 0 Å². The fraction of sp³-hybridized carbons (Fsp3) is 0.887. The zero-order chi connectivity index (χ0) is 64.7. The van der Waals surface area contributed by atoms with Crippen LogP contribution in [0.25, 0.3) is 0 Å². The van der Waals surface area contributed by atoms with Gasteiger partial charge < -0.3 is 28.5 Å². The zero-order valence-corrected chi connectivity index (χ0v) is 60.1. The summed E-state index contributed by atoms with van der Waals surface area (Å²) in [5.74, 6) is -1.97. The lowest BCUT2D eigenvalue weighted by Crippen LogP contribution is -2.40. The summed E-state index contributed by atoms with van der Waals surface area (Å²) in [7, 11) is 6.00. The van der Waals surface area contributed by atoms with Crippen LogP contribution in [0, 0.1) is 0 Å². The summed E-state index contributed by atoms with van der Waals surface area (Å²) < 4.78 is 23.1. The van der Waals surface area contributed by atoms with E-state index in [4.69, 9.17) is 18.9 Å². The van der Waals surface area contributed by atoms with Crippen molar-refractivity contribution in [1.29, 1.82) is 0 Å². The van der Waals surface area contributed by atoms with Crippen LogP contribution in [-0.4, -0.2) is 87.4 Å². The van der Waals surface area contributed by atoms with Crippen molar-refractivity contribution in [3.63, 3.8) is 0 Å².